The van der Waals surface area contributed by atoms with E-state index in [-0.39, 0.29) is 5.41 Å². The van der Waals surface area contributed by atoms with Gasteiger partial charge in [-0.1, -0.05) is 80.6 Å². The van der Waals surface area contributed by atoms with E-state index in [9.17, 15) is 10.0 Å². The molecule has 5 rings (SSSR count). The van der Waals surface area contributed by atoms with Crippen LogP contribution < -0.4 is 10.4 Å². The normalized spacial score (nSPS) is 13.4. The maximum absolute atomic E-state index is 9.52. The third kappa shape index (κ3) is 3.16. The molecule has 4 aromatic carbocycles. The van der Waals surface area contributed by atoms with Crippen molar-refractivity contribution in [1.82, 2.24) is 0 Å². The number of anilines is 3. The quantitative estimate of drug-likeness (QED) is 0.462. The van der Waals surface area contributed by atoms with Gasteiger partial charge in [-0.3, -0.25) is 0 Å². The van der Waals surface area contributed by atoms with Crippen molar-refractivity contribution < 1.29 is 10.0 Å². The van der Waals surface area contributed by atoms with Gasteiger partial charge >= 0.3 is 7.12 Å². The minimum Gasteiger partial charge on any atom is -0.423 e. The predicted molar refractivity (Wildman–Crippen MR) is 129 cm³/mol. The van der Waals surface area contributed by atoms with Crippen LogP contribution in [-0.2, 0) is 5.41 Å². The van der Waals surface area contributed by atoms with Gasteiger partial charge in [0.05, 0.1) is 5.69 Å². The summed E-state index contributed by atoms with van der Waals surface area (Å²) in [5.74, 6) is 0. The van der Waals surface area contributed by atoms with E-state index < -0.39 is 7.12 Å². The van der Waals surface area contributed by atoms with Gasteiger partial charge < -0.3 is 14.9 Å². The molecule has 0 saturated heterocycles. The third-order valence-corrected chi connectivity index (χ3v) is 6.29. The first-order chi connectivity index (χ1) is 15.0. The molecule has 0 aromatic heterocycles. The molecule has 0 bridgehead atoms. The van der Waals surface area contributed by atoms with Crippen molar-refractivity contribution in [3.63, 3.8) is 0 Å². The summed E-state index contributed by atoms with van der Waals surface area (Å²) in [4.78, 5) is 2.24. The van der Waals surface area contributed by atoms with Crippen LogP contribution in [-0.4, -0.2) is 17.2 Å². The maximum Gasteiger partial charge on any atom is 0.488 e. The molecule has 4 aromatic rings. The number of nitrogens with zero attached hydrogens (tertiary/aromatic N) is 1. The highest BCUT2D eigenvalue weighted by molar-refractivity contribution is 6.58. The molecule has 0 unspecified atom stereocenters. The number of rotatable bonds is 4. The molecule has 0 spiro atoms. The van der Waals surface area contributed by atoms with Gasteiger partial charge in [-0.15, -0.1) is 0 Å². The van der Waals surface area contributed by atoms with Crippen molar-refractivity contribution in [3.8, 4) is 11.1 Å². The molecule has 0 aliphatic heterocycles. The highest BCUT2D eigenvalue weighted by atomic mass is 16.4. The first-order valence-corrected chi connectivity index (χ1v) is 10.5. The highest BCUT2D eigenvalue weighted by Crippen LogP contribution is 2.53. The van der Waals surface area contributed by atoms with E-state index in [0.717, 1.165) is 17.1 Å². The Morgan fingerprint density at radius 1 is 0.645 bits per heavy atom. The molecule has 0 atom stereocenters. The molecule has 0 fully saturated rings. The van der Waals surface area contributed by atoms with Crippen LogP contribution in [0.3, 0.4) is 0 Å². The van der Waals surface area contributed by atoms with Gasteiger partial charge in [-0.2, -0.15) is 0 Å². The molecule has 0 heterocycles. The molecule has 152 valence electrons. The van der Waals surface area contributed by atoms with E-state index >= 15 is 0 Å². The van der Waals surface area contributed by atoms with Crippen molar-refractivity contribution in [1.29, 1.82) is 0 Å². The van der Waals surface area contributed by atoms with Crippen LogP contribution >= 0.6 is 0 Å². The second kappa shape index (κ2) is 7.42. The summed E-state index contributed by atoms with van der Waals surface area (Å²) in [5.41, 5.74) is 8.69. The summed E-state index contributed by atoms with van der Waals surface area (Å²) in [5, 5.41) is 19.0. The standard InChI is InChI=1S/C27H24BNO2/c1-27(2)23-12-7-6-11-22(23)26-24(27)13-8-14-25(26)29(20-9-4-3-5-10-20)21-17-15-19(16-18-21)28(30)31/h3-18,30-31H,1-2H3. The summed E-state index contributed by atoms with van der Waals surface area (Å²) in [7, 11) is -1.48. The summed E-state index contributed by atoms with van der Waals surface area (Å²) < 4.78 is 0. The van der Waals surface area contributed by atoms with Crippen molar-refractivity contribution >= 4 is 29.6 Å². The minimum atomic E-state index is -1.48. The molecule has 2 N–H and O–H groups in total. The number of benzene rings is 4. The molecule has 1 aliphatic rings. The highest BCUT2D eigenvalue weighted by Gasteiger charge is 2.37. The topological polar surface area (TPSA) is 43.7 Å². The van der Waals surface area contributed by atoms with Crippen LogP contribution in [0.4, 0.5) is 17.1 Å². The number of fused-ring (bicyclic) bond motifs is 3. The minimum absolute atomic E-state index is 0.0743. The van der Waals surface area contributed by atoms with Gasteiger partial charge in [0.25, 0.3) is 0 Å². The second-order valence-electron chi connectivity index (χ2n) is 8.51. The van der Waals surface area contributed by atoms with E-state index in [1.165, 1.54) is 22.3 Å². The van der Waals surface area contributed by atoms with E-state index in [4.69, 9.17) is 0 Å². The van der Waals surface area contributed by atoms with Crippen LogP contribution in [0.25, 0.3) is 11.1 Å². The van der Waals surface area contributed by atoms with Crippen molar-refractivity contribution in [3.05, 3.63) is 108 Å². The Kier molecular flexibility index (Phi) is 4.69. The monoisotopic (exact) mass is 405 g/mol. The van der Waals surface area contributed by atoms with Crippen LogP contribution in [0.5, 0.6) is 0 Å². The van der Waals surface area contributed by atoms with Gasteiger partial charge in [-0.25, -0.2) is 0 Å². The molecule has 3 nitrogen and oxygen atoms in total. The fraction of sp³-hybridized carbons (Fsp3) is 0.111. The van der Waals surface area contributed by atoms with Gasteiger partial charge in [0.15, 0.2) is 0 Å². The average Bonchev–Trinajstić information content (AvgIpc) is 3.03. The summed E-state index contributed by atoms with van der Waals surface area (Å²) in [6.45, 7) is 4.57. The SMILES string of the molecule is CC1(C)c2ccccc2-c2c(N(c3ccccc3)c3ccc(B(O)O)cc3)cccc21. The van der Waals surface area contributed by atoms with E-state index in [0.29, 0.717) is 5.46 Å². The van der Waals surface area contributed by atoms with E-state index in [1.54, 1.807) is 12.1 Å². The molecule has 0 saturated carbocycles. The number of para-hydroxylation sites is 1. The summed E-state index contributed by atoms with van der Waals surface area (Å²) >= 11 is 0. The Balaban J connectivity index is 1.76. The lowest BCUT2D eigenvalue weighted by atomic mass is 9.80. The zero-order valence-electron chi connectivity index (χ0n) is 17.7. The zero-order chi connectivity index (χ0) is 21.6. The van der Waals surface area contributed by atoms with Gasteiger partial charge in [0.1, 0.15) is 0 Å². The first-order valence-electron chi connectivity index (χ1n) is 10.5. The lowest BCUT2D eigenvalue weighted by molar-refractivity contribution is 0.426. The molecule has 0 radical (unpaired) electrons. The van der Waals surface area contributed by atoms with E-state index in [1.807, 2.05) is 30.3 Å². The molecule has 4 heteroatoms. The van der Waals surface area contributed by atoms with Crippen LogP contribution in [0, 0.1) is 0 Å². The molecule has 1 aliphatic carbocycles. The Hall–Kier alpha value is -3.34. The lowest BCUT2D eigenvalue weighted by Gasteiger charge is -2.29. The van der Waals surface area contributed by atoms with Crippen molar-refractivity contribution in [2.75, 3.05) is 4.90 Å². The molecule has 31 heavy (non-hydrogen) atoms. The average molecular weight is 405 g/mol. The fourth-order valence-corrected chi connectivity index (χ4v) is 4.72. The Labute approximate surface area is 183 Å². The Morgan fingerprint density at radius 2 is 1.26 bits per heavy atom. The number of hydrogen-bond acceptors (Lipinski definition) is 3. The predicted octanol–water partition coefficient (Wildman–Crippen LogP) is 5.14. The van der Waals surface area contributed by atoms with Crippen molar-refractivity contribution in [2.24, 2.45) is 0 Å². The summed E-state index contributed by atoms with van der Waals surface area (Å²) in [6.07, 6.45) is 0. The van der Waals surface area contributed by atoms with Gasteiger partial charge in [-0.05, 0) is 52.5 Å². The van der Waals surface area contributed by atoms with Gasteiger partial charge in [0, 0.05) is 22.4 Å². The first kappa shape index (κ1) is 19.6. The van der Waals surface area contributed by atoms with Crippen LogP contribution in [0.1, 0.15) is 25.0 Å². The van der Waals surface area contributed by atoms with Crippen molar-refractivity contribution in [2.45, 2.75) is 19.3 Å². The van der Waals surface area contributed by atoms with E-state index in [2.05, 4.69) is 73.3 Å². The largest absolute Gasteiger partial charge is 0.488 e. The number of hydrogen-bond donors (Lipinski definition) is 2. The molecule has 0 amide bonds. The Morgan fingerprint density at radius 3 is 1.97 bits per heavy atom. The third-order valence-electron chi connectivity index (χ3n) is 6.29. The smallest absolute Gasteiger partial charge is 0.423 e. The lowest BCUT2D eigenvalue weighted by Crippen LogP contribution is -2.29. The zero-order valence-corrected chi connectivity index (χ0v) is 17.7. The molecular weight excluding hydrogens is 381 g/mol. The van der Waals surface area contributed by atoms with Crippen LogP contribution in [0.15, 0.2) is 97.1 Å². The molecular formula is C27H24BNO2. The second-order valence-corrected chi connectivity index (χ2v) is 8.51. The fourth-order valence-electron chi connectivity index (χ4n) is 4.72. The Bertz CT molecular complexity index is 1230. The van der Waals surface area contributed by atoms with Gasteiger partial charge in [0.2, 0.25) is 0 Å². The maximum atomic E-state index is 9.52. The van der Waals surface area contributed by atoms with Crippen LogP contribution in [0.2, 0.25) is 0 Å². The summed E-state index contributed by atoms with van der Waals surface area (Å²) in [6, 6.07) is 32.9.